The van der Waals surface area contributed by atoms with Crippen LogP contribution in [0.3, 0.4) is 0 Å². The summed E-state index contributed by atoms with van der Waals surface area (Å²) in [6, 6.07) is 4.74. The maximum Gasteiger partial charge on any atom is 0 e. The summed E-state index contributed by atoms with van der Waals surface area (Å²) in [6.07, 6.45) is 1.58. The number of furan rings is 1. The van der Waals surface area contributed by atoms with Crippen molar-refractivity contribution >= 4 is 0 Å². The molecule has 1 nitrogen and oxygen atoms in total. The SMILES string of the molecule is CC(C)(C)c1c[c-]co1.[Y]. The molecule has 0 aliphatic rings. The molecule has 0 atom stereocenters. The van der Waals surface area contributed by atoms with E-state index < -0.39 is 0 Å². The second-order valence-corrected chi connectivity index (χ2v) is 3.16. The van der Waals surface area contributed by atoms with Crippen molar-refractivity contribution in [1.29, 1.82) is 0 Å². The number of hydrogen-bond acceptors (Lipinski definition) is 1. The molecule has 0 N–H and O–H groups in total. The average molecular weight is 212 g/mol. The van der Waals surface area contributed by atoms with E-state index in [1.54, 1.807) is 6.26 Å². The molecule has 0 aliphatic carbocycles. The van der Waals surface area contributed by atoms with Crippen molar-refractivity contribution in [3.8, 4) is 0 Å². The molecule has 0 unspecified atom stereocenters. The molecule has 1 radical (unpaired) electrons. The molecule has 1 heterocycles. The molecule has 1 aromatic heterocycles. The summed E-state index contributed by atoms with van der Waals surface area (Å²) in [6.45, 7) is 6.33. The Labute approximate surface area is 87.1 Å². The third-order valence-corrected chi connectivity index (χ3v) is 1.21. The van der Waals surface area contributed by atoms with Gasteiger partial charge in [-0.3, -0.25) is 0 Å². The fourth-order valence-electron chi connectivity index (χ4n) is 0.635. The molecule has 1 aromatic rings. The predicted octanol–water partition coefficient (Wildman–Crippen LogP) is 2.37. The zero-order valence-electron chi connectivity index (χ0n) is 6.64. The van der Waals surface area contributed by atoms with Gasteiger partial charge in [0.05, 0.1) is 0 Å². The van der Waals surface area contributed by atoms with Crippen LogP contribution in [0.1, 0.15) is 26.5 Å². The quantitative estimate of drug-likeness (QED) is 0.601. The standard InChI is InChI=1S/C8H11O.Y/c1-8(2,3)7-5-4-6-9-7;/h5-6H,1-3H3;/q-1;. The van der Waals surface area contributed by atoms with Gasteiger partial charge in [0.1, 0.15) is 0 Å². The van der Waals surface area contributed by atoms with E-state index in [1.807, 2.05) is 6.07 Å². The molecule has 0 saturated carbocycles. The molecule has 10 heavy (non-hydrogen) atoms. The van der Waals surface area contributed by atoms with Gasteiger partial charge in [-0.05, 0) is 17.4 Å². The largest absolute Gasteiger partial charge is 0.573 e. The van der Waals surface area contributed by atoms with Gasteiger partial charge in [-0.25, -0.2) is 6.07 Å². The van der Waals surface area contributed by atoms with Crippen molar-refractivity contribution in [2.45, 2.75) is 26.2 Å². The Kier molecular flexibility index (Phi) is 3.82. The van der Waals surface area contributed by atoms with Gasteiger partial charge in [-0.1, -0.05) is 20.8 Å². The summed E-state index contributed by atoms with van der Waals surface area (Å²) in [5, 5.41) is 0. The molecule has 0 amide bonds. The molecule has 0 aliphatic heterocycles. The second-order valence-electron chi connectivity index (χ2n) is 3.16. The summed E-state index contributed by atoms with van der Waals surface area (Å²) >= 11 is 0. The molecule has 0 fully saturated rings. The minimum atomic E-state index is 0. The zero-order valence-corrected chi connectivity index (χ0v) is 9.48. The van der Waals surface area contributed by atoms with Crippen LogP contribution in [0.5, 0.6) is 0 Å². The van der Waals surface area contributed by atoms with E-state index in [0.717, 1.165) is 5.76 Å². The first-order chi connectivity index (χ1) is 4.11. The second kappa shape index (κ2) is 3.68. The smallest absolute Gasteiger partial charge is 0 e. The van der Waals surface area contributed by atoms with E-state index in [4.69, 9.17) is 4.42 Å². The first-order valence-electron chi connectivity index (χ1n) is 3.06. The Morgan fingerprint density at radius 3 is 2.20 bits per heavy atom. The van der Waals surface area contributed by atoms with Crippen LogP contribution in [0.15, 0.2) is 16.7 Å². The zero-order chi connectivity index (χ0) is 6.91. The van der Waals surface area contributed by atoms with E-state index in [-0.39, 0.29) is 38.1 Å². The van der Waals surface area contributed by atoms with E-state index in [9.17, 15) is 0 Å². The van der Waals surface area contributed by atoms with E-state index >= 15 is 0 Å². The fourth-order valence-corrected chi connectivity index (χ4v) is 0.635. The molecule has 0 spiro atoms. The molecule has 0 aromatic carbocycles. The minimum Gasteiger partial charge on any atom is -0.573 e. The minimum absolute atomic E-state index is 0. The van der Waals surface area contributed by atoms with Crippen LogP contribution in [0, 0.1) is 6.07 Å². The predicted molar refractivity (Wildman–Crippen MR) is 36.2 cm³/mol. The summed E-state index contributed by atoms with van der Waals surface area (Å²) in [5.41, 5.74) is 0.125. The fraction of sp³-hybridized carbons (Fsp3) is 0.500. The number of rotatable bonds is 0. The van der Waals surface area contributed by atoms with Gasteiger partial charge in [0.15, 0.2) is 0 Å². The van der Waals surface area contributed by atoms with Crippen molar-refractivity contribution in [2.75, 3.05) is 0 Å². The average Bonchev–Trinajstić information content (AvgIpc) is 2.08. The summed E-state index contributed by atoms with van der Waals surface area (Å²) in [4.78, 5) is 0. The Bertz CT molecular complexity index is 172. The Hall–Kier alpha value is 0.384. The van der Waals surface area contributed by atoms with Crippen LogP contribution < -0.4 is 0 Å². The van der Waals surface area contributed by atoms with Gasteiger partial charge in [0.2, 0.25) is 0 Å². The molecule has 0 saturated heterocycles. The summed E-state index contributed by atoms with van der Waals surface area (Å²) in [5.74, 6) is 0.988. The van der Waals surface area contributed by atoms with Crippen LogP contribution in [0.4, 0.5) is 0 Å². The van der Waals surface area contributed by atoms with Crippen molar-refractivity contribution in [2.24, 2.45) is 0 Å². The first-order valence-corrected chi connectivity index (χ1v) is 3.06. The van der Waals surface area contributed by atoms with Crippen LogP contribution in [0.2, 0.25) is 0 Å². The monoisotopic (exact) mass is 212 g/mol. The van der Waals surface area contributed by atoms with Crippen LogP contribution >= 0.6 is 0 Å². The normalized spacial score (nSPS) is 10.7. The molecule has 53 valence electrons. The molecule has 0 bridgehead atoms. The first kappa shape index (κ1) is 10.4. The van der Waals surface area contributed by atoms with Crippen molar-refractivity contribution in [3.05, 3.63) is 24.2 Å². The van der Waals surface area contributed by atoms with Gasteiger partial charge in [-0.15, -0.1) is 0 Å². The van der Waals surface area contributed by atoms with Crippen molar-refractivity contribution in [3.63, 3.8) is 0 Å². The Morgan fingerprint density at radius 1 is 1.40 bits per heavy atom. The third-order valence-electron chi connectivity index (χ3n) is 1.21. The maximum atomic E-state index is 5.14. The topological polar surface area (TPSA) is 13.1 Å². The molecule has 1 rings (SSSR count). The molecular formula is C8H11OY-. The third kappa shape index (κ3) is 2.55. The molecular weight excluding hydrogens is 201 g/mol. The van der Waals surface area contributed by atoms with Gasteiger partial charge >= 0.3 is 0 Å². The van der Waals surface area contributed by atoms with Crippen molar-refractivity contribution in [1.82, 2.24) is 0 Å². The van der Waals surface area contributed by atoms with Gasteiger partial charge in [-0.2, -0.15) is 6.07 Å². The molecule has 2 heteroatoms. The van der Waals surface area contributed by atoms with Gasteiger partial charge in [0, 0.05) is 32.7 Å². The Balaban J connectivity index is 0.000000810. The summed E-state index contributed by atoms with van der Waals surface area (Å²) in [7, 11) is 0. The number of hydrogen-bond donors (Lipinski definition) is 0. The van der Waals surface area contributed by atoms with Gasteiger partial charge < -0.3 is 4.42 Å². The van der Waals surface area contributed by atoms with Crippen LogP contribution in [0.25, 0.3) is 0 Å². The van der Waals surface area contributed by atoms with Crippen LogP contribution in [-0.4, -0.2) is 0 Å². The Morgan fingerprint density at radius 2 is 2.00 bits per heavy atom. The summed E-state index contributed by atoms with van der Waals surface area (Å²) < 4.78 is 5.14. The van der Waals surface area contributed by atoms with Crippen LogP contribution in [-0.2, 0) is 38.1 Å². The van der Waals surface area contributed by atoms with Gasteiger partial charge in [0.25, 0.3) is 0 Å². The van der Waals surface area contributed by atoms with E-state index in [2.05, 4.69) is 26.8 Å². The maximum absolute atomic E-state index is 5.14. The van der Waals surface area contributed by atoms with Crippen molar-refractivity contribution < 1.29 is 37.1 Å². The van der Waals surface area contributed by atoms with E-state index in [0.29, 0.717) is 0 Å². The van der Waals surface area contributed by atoms with E-state index in [1.165, 1.54) is 0 Å².